The van der Waals surface area contributed by atoms with Gasteiger partial charge in [0.2, 0.25) is 0 Å². The Bertz CT molecular complexity index is 755. The SMILES string of the molecule is C=O.C=O.CC.[Ni].c1ccc(Pc2ccccc2)cc1.c1ccc(Pc2ccccc2)cc1. The molecule has 176 valence electrons. The summed E-state index contributed by atoms with van der Waals surface area (Å²) in [6, 6.07) is 42.3. The van der Waals surface area contributed by atoms with Crippen LogP contribution in [0, 0.1) is 0 Å². The van der Waals surface area contributed by atoms with Crippen molar-refractivity contribution in [1.82, 2.24) is 0 Å². The molecule has 0 atom stereocenters. The fourth-order valence-corrected chi connectivity index (χ4v) is 4.52. The van der Waals surface area contributed by atoms with E-state index < -0.39 is 0 Å². The molecule has 4 rings (SSSR count). The van der Waals surface area contributed by atoms with Crippen LogP contribution in [0.15, 0.2) is 121 Å². The molecular weight excluding hydrogens is 489 g/mol. The Hall–Kier alpha value is -2.43. The minimum atomic E-state index is 0. The molecule has 0 spiro atoms. The summed E-state index contributed by atoms with van der Waals surface area (Å²) in [7, 11) is 1.55. The van der Waals surface area contributed by atoms with Gasteiger partial charge in [-0.3, -0.25) is 0 Å². The summed E-state index contributed by atoms with van der Waals surface area (Å²) in [5, 5.41) is 5.59. The molecule has 0 heterocycles. The largest absolute Gasteiger partial charge is 0.307 e. The van der Waals surface area contributed by atoms with Gasteiger partial charge < -0.3 is 9.59 Å². The van der Waals surface area contributed by atoms with E-state index >= 15 is 0 Å². The van der Waals surface area contributed by atoms with E-state index in [0.717, 1.165) is 17.2 Å². The third kappa shape index (κ3) is 15.9. The van der Waals surface area contributed by atoms with E-state index in [1.807, 2.05) is 27.4 Å². The summed E-state index contributed by atoms with van der Waals surface area (Å²) < 4.78 is 0. The van der Waals surface area contributed by atoms with Gasteiger partial charge in [-0.25, -0.2) is 0 Å². The summed E-state index contributed by atoms with van der Waals surface area (Å²) in [6.45, 7) is 8.00. The summed E-state index contributed by atoms with van der Waals surface area (Å²) in [5.41, 5.74) is 0. The van der Waals surface area contributed by atoms with Gasteiger partial charge in [0.25, 0.3) is 0 Å². The first-order valence-electron chi connectivity index (χ1n) is 10.2. The van der Waals surface area contributed by atoms with E-state index in [1.165, 1.54) is 21.2 Å². The van der Waals surface area contributed by atoms with Gasteiger partial charge in [0.05, 0.1) is 0 Å². The molecule has 0 aliphatic carbocycles. The predicted molar refractivity (Wildman–Crippen MR) is 147 cm³/mol. The van der Waals surface area contributed by atoms with Crippen molar-refractivity contribution in [3.05, 3.63) is 121 Å². The molecule has 0 aliphatic heterocycles. The molecule has 0 amide bonds. The van der Waals surface area contributed by atoms with Gasteiger partial charge in [0.1, 0.15) is 13.6 Å². The average Bonchev–Trinajstić information content (AvgIpc) is 2.91. The Morgan fingerprint density at radius 3 is 0.697 bits per heavy atom. The molecule has 4 aromatic carbocycles. The molecule has 0 bridgehead atoms. The summed E-state index contributed by atoms with van der Waals surface area (Å²) in [4.78, 5) is 16.0. The van der Waals surface area contributed by atoms with E-state index in [4.69, 9.17) is 9.59 Å². The molecule has 0 aliphatic rings. The second-order valence-corrected chi connectivity index (χ2v) is 8.52. The predicted octanol–water partition coefficient (Wildman–Crippen LogP) is 5.29. The Kier molecular flexibility index (Phi) is 24.0. The standard InChI is InChI=1S/2C12H11P.C2H6.2CH2O.Ni/c2*1-3-7-11(8-4-1)13-12-9-5-2-6-10-12;3*1-2;/h2*1-10,13H;1-2H3;2*1H2;. The number of hydrogen-bond donors (Lipinski definition) is 0. The average molecular weight is 521 g/mol. The van der Waals surface area contributed by atoms with Crippen molar-refractivity contribution in [2.75, 3.05) is 0 Å². The minimum Gasteiger partial charge on any atom is -0.307 e. The van der Waals surface area contributed by atoms with Crippen LogP contribution < -0.4 is 21.2 Å². The second-order valence-electron chi connectivity index (χ2n) is 5.71. The zero-order valence-corrected chi connectivity index (χ0v) is 22.1. The van der Waals surface area contributed by atoms with Gasteiger partial charge in [0, 0.05) is 16.5 Å². The zero-order valence-electron chi connectivity index (χ0n) is 19.1. The first kappa shape index (κ1) is 32.8. The molecular formula is C28H32NiO2P2. The quantitative estimate of drug-likeness (QED) is 0.271. The second kappa shape index (κ2) is 24.2. The van der Waals surface area contributed by atoms with E-state index in [9.17, 15) is 0 Å². The van der Waals surface area contributed by atoms with Gasteiger partial charge in [-0.2, -0.15) is 0 Å². The van der Waals surface area contributed by atoms with Crippen molar-refractivity contribution in [3.63, 3.8) is 0 Å². The van der Waals surface area contributed by atoms with E-state index in [1.54, 1.807) is 0 Å². The maximum Gasteiger partial charge on any atom is 0.106 e. The van der Waals surface area contributed by atoms with Crippen molar-refractivity contribution in [2.24, 2.45) is 0 Å². The van der Waals surface area contributed by atoms with Crippen LogP contribution >= 0.6 is 17.2 Å². The fourth-order valence-electron chi connectivity index (χ4n) is 2.42. The summed E-state index contributed by atoms with van der Waals surface area (Å²) >= 11 is 0. The first-order valence-corrected chi connectivity index (χ1v) is 12.2. The number of benzene rings is 4. The van der Waals surface area contributed by atoms with Crippen LogP contribution in [0.4, 0.5) is 0 Å². The summed E-state index contributed by atoms with van der Waals surface area (Å²) in [5.74, 6) is 0. The Balaban J connectivity index is 0. The van der Waals surface area contributed by atoms with Gasteiger partial charge in [-0.1, -0.05) is 152 Å². The zero-order chi connectivity index (χ0) is 23.9. The van der Waals surface area contributed by atoms with Crippen molar-refractivity contribution in [2.45, 2.75) is 13.8 Å². The van der Waals surface area contributed by atoms with Crippen LogP contribution in [-0.4, -0.2) is 13.6 Å². The Morgan fingerprint density at radius 1 is 0.394 bits per heavy atom. The minimum absolute atomic E-state index is 0. The number of carbonyl (C=O) groups is 2. The van der Waals surface area contributed by atoms with Crippen molar-refractivity contribution < 1.29 is 26.1 Å². The Morgan fingerprint density at radius 2 is 0.545 bits per heavy atom. The van der Waals surface area contributed by atoms with Crippen molar-refractivity contribution in [1.29, 1.82) is 0 Å². The first-order chi connectivity index (χ1) is 15.9. The van der Waals surface area contributed by atoms with E-state index in [2.05, 4.69) is 121 Å². The molecule has 0 fully saturated rings. The molecule has 0 radical (unpaired) electrons. The number of carbonyl (C=O) groups excluding carboxylic acids is 2. The third-order valence-corrected chi connectivity index (χ3v) is 6.16. The van der Waals surface area contributed by atoms with Crippen LogP contribution in [0.25, 0.3) is 0 Å². The molecule has 0 aromatic heterocycles. The molecule has 5 heteroatoms. The van der Waals surface area contributed by atoms with E-state index in [0.29, 0.717) is 0 Å². The molecule has 4 aromatic rings. The van der Waals surface area contributed by atoms with Gasteiger partial charge in [-0.15, -0.1) is 0 Å². The topological polar surface area (TPSA) is 34.1 Å². The van der Waals surface area contributed by atoms with Gasteiger partial charge in [-0.05, 0) is 21.2 Å². The van der Waals surface area contributed by atoms with E-state index in [-0.39, 0.29) is 16.5 Å². The molecule has 0 saturated heterocycles. The number of rotatable bonds is 4. The molecule has 2 nitrogen and oxygen atoms in total. The van der Waals surface area contributed by atoms with Crippen molar-refractivity contribution >= 4 is 52.0 Å². The van der Waals surface area contributed by atoms with Gasteiger partial charge >= 0.3 is 0 Å². The maximum absolute atomic E-state index is 8.00. The summed E-state index contributed by atoms with van der Waals surface area (Å²) in [6.07, 6.45) is 0. The fraction of sp³-hybridized carbons (Fsp3) is 0.0714. The van der Waals surface area contributed by atoms with Crippen LogP contribution in [0.2, 0.25) is 0 Å². The van der Waals surface area contributed by atoms with Gasteiger partial charge in [0.15, 0.2) is 0 Å². The molecule has 0 saturated carbocycles. The maximum atomic E-state index is 8.00. The van der Waals surface area contributed by atoms with Crippen molar-refractivity contribution in [3.8, 4) is 0 Å². The van der Waals surface area contributed by atoms with Crippen LogP contribution in [0.5, 0.6) is 0 Å². The monoisotopic (exact) mass is 520 g/mol. The molecule has 0 unspecified atom stereocenters. The Labute approximate surface area is 212 Å². The normalized spacial score (nSPS) is 8.18. The smallest absolute Gasteiger partial charge is 0.106 e. The number of hydrogen-bond acceptors (Lipinski definition) is 2. The third-order valence-electron chi connectivity index (χ3n) is 3.67. The molecule has 33 heavy (non-hydrogen) atoms. The van der Waals surface area contributed by atoms with Crippen LogP contribution in [-0.2, 0) is 26.1 Å². The van der Waals surface area contributed by atoms with Crippen LogP contribution in [0.3, 0.4) is 0 Å². The van der Waals surface area contributed by atoms with Crippen LogP contribution in [0.1, 0.15) is 13.8 Å². The molecule has 0 N–H and O–H groups in total.